The second-order valence-corrected chi connectivity index (χ2v) is 5.63. The fraction of sp³-hybridized carbons (Fsp3) is 0.471. The maximum atomic E-state index is 12.5. The largest absolute Gasteiger partial charge is 0.459 e. The summed E-state index contributed by atoms with van der Waals surface area (Å²) in [6, 6.07) is 9.62. The topological polar surface area (TPSA) is 59.5 Å². The molecule has 0 saturated heterocycles. The Bertz CT molecular complexity index is 591. The molecule has 4 nitrogen and oxygen atoms in total. The summed E-state index contributed by atoms with van der Waals surface area (Å²) in [6.45, 7) is 8.34. The van der Waals surface area contributed by atoms with Gasteiger partial charge < -0.3 is 15.1 Å². The van der Waals surface area contributed by atoms with E-state index >= 15 is 0 Å². The molecule has 1 aromatic carbocycles. The van der Waals surface area contributed by atoms with E-state index in [1.165, 1.54) is 0 Å². The number of rotatable bonds is 5. The van der Waals surface area contributed by atoms with Crippen molar-refractivity contribution in [1.82, 2.24) is 4.90 Å². The van der Waals surface area contributed by atoms with Gasteiger partial charge in [-0.25, -0.2) is 0 Å². The summed E-state index contributed by atoms with van der Waals surface area (Å²) in [4.78, 5) is 14.4. The van der Waals surface area contributed by atoms with Crippen molar-refractivity contribution in [3.8, 4) is 0 Å². The second-order valence-electron chi connectivity index (χ2n) is 5.63. The summed E-state index contributed by atoms with van der Waals surface area (Å²) in [5.74, 6) is 0.681. The van der Waals surface area contributed by atoms with Gasteiger partial charge in [0.05, 0.1) is 12.0 Å². The number of fused-ring (bicyclic) bond motifs is 1. The lowest BCUT2D eigenvalue weighted by Gasteiger charge is -2.30. The summed E-state index contributed by atoms with van der Waals surface area (Å²) in [7, 11) is 0. The van der Waals surface area contributed by atoms with Crippen LogP contribution in [0.3, 0.4) is 0 Å². The molecule has 0 aliphatic heterocycles. The minimum atomic E-state index is -0.197. The zero-order valence-corrected chi connectivity index (χ0v) is 14.4. The third kappa shape index (κ3) is 3.62. The van der Waals surface area contributed by atoms with E-state index in [0.717, 1.165) is 16.7 Å². The van der Waals surface area contributed by atoms with Crippen LogP contribution in [0.25, 0.3) is 11.0 Å². The Morgan fingerprint density at radius 1 is 1.27 bits per heavy atom. The van der Waals surface area contributed by atoms with Crippen molar-refractivity contribution in [3.63, 3.8) is 0 Å². The highest BCUT2D eigenvalue weighted by molar-refractivity contribution is 5.85. The fourth-order valence-electron chi connectivity index (χ4n) is 2.47. The molecule has 122 valence electrons. The van der Waals surface area contributed by atoms with Crippen molar-refractivity contribution in [2.45, 2.75) is 39.8 Å². The normalized spacial score (nSPS) is 15.0. The van der Waals surface area contributed by atoms with Crippen LogP contribution < -0.4 is 5.73 Å². The predicted molar refractivity (Wildman–Crippen MR) is 92.1 cm³/mol. The van der Waals surface area contributed by atoms with Crippen molar-refractivity contribution < 1.29 is 9.21 Å². The van der Waals surface area contributed by atoms with Crippen LogP contribution in [-0.2, 0) is 4.79 Å². The Balaban J connectivity index is 0.00000242. The highest BCUT2D eigenvalue weighted by Crippen LogP contribution is 2.28. The van der Waals surface area contributed by atoms with Crippen LogP contribution in [0.1, 0.15) is 39.5 Å². The number of nitrogens with two attached hydrogens (primary N) is 1. The van der Waals surface area contributed by atoms with Gasteiger partial charge in [-0.05, 0) is 32.9 Å². The summed E-state index contributed by atoms with van der Waals surface area (Å²) >= 11 is 0. The van der Waals surface area contributed by atoms with E-state index in [-0.39, 0.29) is 36.3 Å². The Morgan fingerprint density at radius 3 is 2.45 bits per heavy atom. The number of hydrogen-bond donors (Lipinski definition) is 1. The smallest absolute Gasteiger partial charge is 0.227 e. The van der Waals surface area contributed by atoms with Crippen LogP contribution in [0.5, 0.6) is 0 Å². The molecule has 0 aliphatic rings. The number of hydrogen-bond acceptors (Lipinski definition) is 3. The average molecular weight is 325 g/mol. The summed E-state index contributed by atoms with van der Waals surface area (Å²) < 4.78 is 5.88. The van der Waals surface area contributed by atoms with Crippen LogP contribution in [0.2, 0.25) is 0 Å². The number of furan rings is 1. The van der Waals surface area contributed by atoms with Crippen LogP contribution in [0.4, 0.5) is 0 Å². The number of para-hydroxylation sites is 1. The molecule has 3 atom stereocenters. The fourth-order valence-corrected chi connectivity index (χ4v) is 2.47. The number of carbonyl (C=O) groups is 1. The molecule has 1 aromatic heterocycles. The zero-order valence-electron chi connectivity index (χ0n) is 13.6. The van der Waals surface area contributed by atoms with Gasteiger partial charge in [0.25, 0.3) is 0 Å². The second kappa shape index (κ2) is 7.65. The first kappa shape index (κ1) is 18.5. The number of benzene rings is 1. The Hall–Kier alpha value is -1.52. The molecule has 3 unspecified atom stereocenters. The summed E-state index contributed by atoms with van der Waals surface area (Å²) in [6.07, 6.45) is 0. The number of carbonyl (C=O) groups excluding carboxylic acids is 1. The standard InChI is InChI=1S/C17H24N2O2.ClH/c1-5-19(17(20)11(2)12(3)18)13(4)16-10-14-8-6-7-9-15(14)21-16;/h6-13H,5,18H2,1-4H3;1H. The molecule has 0 fully saturated rings. The monoisotopic (exact) mass is 324 g/mol. The molecule has 22 heavy (non-hydrogen) atoms. The molecule has 0 bridgehead atoms. The zero-order chi connectivity index (χ0) is 15.6. The maximum absolute atomic E-state index is 12.5. The van der Waals surface area contributed by atoms with E-state index in [1.54, 1.807) is 0 Å². The highest BCUT2D eigenvalue weighted by atomic mass is 35.5. The third-order valence-corrected chi connectivity index (χ3v) is 4.13. The molecule has 1 amide bonds. The van der Waals surface area contributed by atoms with Gasteiger partial charge in [-0.2, -0.15) is 0 Å². The van der Waals surface area contributed by atoms with Gasteiger partial charge in [-0.1, -0.05) is 25.1 Å². The van der Waals surface area contributed by atoms with Gasteiger partial charge in [0.15, 0.2) is 0 Å². The van der Waals surface area contributed by atoms with E-state index in [2.05, 4.69) is 0 Å². The van der Waals surface area contributed by atoms with Crippen LogP contribution in [0, 0.1) is 5.92 Å². The number of amides is 1. The Kier molecular flexibility index (Phi) is 6.45. The highest BCUT2D eigenvalue weighted by Gasteiger charge is 2.28. The van der Waals surface area contributed by atoms with Crippen molar-refractivity contribution in [2.24, 2.45) is 11.7 Å². The van der Waals surface area contributed by atoms with Crippen molar-refractivity contribution in [1.29, 1.82) is 0 Å². The molecule has 2 N–H and O–H groups in total. The lowest BCUT2D eigenvalue weighted by Crippen LogP contribution is -2.42. The predicted octanol–water partition coefficient (Wildman–Crippen LogP) is 3.75. The van der Waals surface area contributed by atoms with E-state index < -0.39 is 0 Å². The first-order valence-corrected chi connectivity index (χ1v) is 7.50. The van der Waals surface area contributed by atoms with E-state index in [9.17, 15) is 4.79 Å². The van der Waals surface area contributed by atoms with Gasteiger partial charge in [0.1, 0.15) is 11.3 Å². The number of halogens is 1. The molecule has 0 aliphatic carbocycles. The molecule has 5 heteroatoms. The quantitative estimate of drug-likeness (QED) is 0.911. The van der Waals surface area contributed by atoms with Gasteiger partial charge in [0.2, 0.25) is 5.91 Å². The van der Waals surface area contributed by atoms with Crippen molar-refractivity contribution >= 4 is 29.3 Å². The lowest BCUT2D eigenvalue weighted by molar-refractivity contribution is -0.137. The van der Waals surface area contributed by atoms with Gasteiger partial charge in [0, 0.05) is 18.0 Å². The van der Waals surface area contributed by atoms with E-state index in [1.807, 2.05) is 62.9 Å². The molecular weight excluding hydrogens is 300 g/mol. The van der Waals surface area contributed by atoms with Gasteiger partial charge in [-0.3, -0.25) is 4.79 Å². The maximum Gasteiger partial charge on any atom is 0.227 e. The minimum Gasteiger partial charge on any atom is -0.459 e. The van der Waals surface area contributed by atoms with Gasteiger partial charge >= 0.3 is 0 Å². The minimum absolute atomic E-state index is 0. The average Bonchev–Trinajstić information content (AvgIpc) is 2.90. The third-order valence-electron chi connectivity index (χ3n) is 4.13. The molecule has 2 aromatic rings. The molecule has 0 spiro atoms. The van der Waals surface area contributed by atoms with Crippen LogP contribution in [-0.4, -0.2) is 23.4 Å². The lowest BCUT2D eigenvalue weighted by atomic mass is 10.0. The number of nitrogens with zero attached hydrogens (tertiary/aromatic N) is 1. The first-order chi connectivity index (χ1) is 9.95. The Morgan fingerprint density at radius 2 is 1.91 bits per heavy atom. The summed E-state index contributed by atoms with van der Waals surface area (Å²) in [5, 5.41) is 1.06. The van der Waals surface area contributed by atoms with Gasteiger partial charge in [-0.15, -0.1) is 12.4 Å². The summed E-state index contributed by atoms with van der Waals surface area (Å²) in [5.41, 5.74) is 6.71. The molecule has 2 rings (SSSR count). The van der Waals surface area contributed by atoms with Crippen molar-refractivity contribution in [2.75, 3.05) is 6.54 Å². The first-order valence-electron chi connectivity index (χ1n) is 7.50. The molecular formula is C17H25ClN2O2. The molecule has 0 radical (unpaired) electrons. The van der Waals surface area contributed by atoms with Crippen LogP contribution in [0.15, 0.2) is 34.7 Å². The Labute approximate surface area is 138 Å². The molecule has 1 heterocycles. The van der Waals surface area contributed by atoms with E-state index in [0.29, 0.717) is 6.54 Å². The van der Waals surface area contributed by atoms with Crippen LogP contribution >= 0.6 is 12.4 Å². The van der Waals surface area contributed by atoms with Crippen molar-refractivity contribution in [3.05, 3.63) is 36.1 Å². The molecule has 0 saturated carbocycles. The van der Waals surface area contributed by atoms with E-state index in [4.69, 9.17) is 10.2 Å². The SMILES string of the molecule is CCN(C(=O)C(C)C(C)N)C(C)c1cc2ccccc2o1.Cl.